The molecule has 2 heterocycles. The van der Waals surface area contributed by atoms with Crippen molar-refractivity contribution in [2.75, 3.05) is 20.3 Å². The van der Waals surface area contributed by atoms with Crippen molar-refractivity contribution in [1.29, 1.82) is 0 Å². The third kappa shape index (κ3) is 3.30. The van der Waals surface area contributed by atoms with Crippen molar-refractivity contribution < 1.29 is 27.4 Å². The van der Waals surface area contributed by atoms with Crippen LogP contribution in [0.15, 0.2) is 18.3 Å². The fourth-order valence-electron chi connectivity index (χ4n) is 2.07. The topological polar surface area (TPSA) is 79.4 Å². The molecule has 0 unspecified atom stereocenters. The highest BCUT2D eigenvalue weighted by atomic mass is 19.4. The van der Waals surface area contributed by atoms with Gasteiger partial charge in [-0.25, -0.2) is 9.78 Å². The first-order valence-corrected chi connectivity index (χ1v) is 6.33. The third-order valence-corrected chi connectivity index (χ3v) is 2.91. The highest BCUT2D eigenvalue weighted by Crippen LogP contribution is 2.28. The Balaban J connectivity index is 2.50. The Morgan fingerprint density at radius 1 is 1.45 bits per heavy atom. The number of alkyl halides is 3. The van der Waals surface area contributed by atoms with Crippen LogP contribution in [0.5, 0.6) is 5.88 Å². The molecule has 2 aromatic rings. The minimum atomic E-state index is -4.48. The van der Waals surface area contributed by atoms with Gasteiger partial charge < -0.3 is 19.8 Å². The van der Waals surface area contributed by atoms with Crippen molar-refractivity contribution in [3.8, 4) is 5.88 Å². The number of ether oxygens (including phenoxy) is 2. The van der Waals surface area contributed by atoms with Gasteiger partial charge in [0.1, 0.15) is 5.69 Å². The summed E-state index contributed by atoms with van der Waals surface area (Å²) in [6.07, 6.45) is -3.17. The SMILES string of the molecule is COC(=O)c1cc2c(OCC(F)(F)F)nccc2n1CCN. The first-order chi connectivity index (χ1) is 10.4. The summed E-state index contributed by atoms with van der Waals surface area (Å²) < 4.78 is 47.8. The van der Waals surface area contributed by atoms with Crippen molar-refractivity contribution in [1.82, 2.24) is 9.55 Å². The fourth-order valence-corrected chi connectivity index (χ4v) is 2.07. The van der Waals surface area contributed by atoms with Crippen LogP contribution < -0.4 is 10.5 Å². The number of hydrogen-bond acceptors (Lipinski definition) is 5. The van der Waals surface area contributed by atoms with Gasteiger partial charge in [-0.3, -0.25) is 0 Å². The first-order valence-electron chi connectivity index (χ1n) is 6.33. The summed E-state index contributed by atoms with van der Waals surface area (Å²) in [6.45, 7) is -0.916. The summed E-state index contributed by atoms with van der Waals surface area (Å²) in [4.78, 5) is 15.6. The zero-order valence-corrected chi connectivity index (χ0v) is 11.7. The molecule has 2 aromatic heterocycles. The molecule has 0 aliphatic carbocycles. The Morgan fingerprint density at radius 3 is 2.77 bits per heavy atom. The van der Waals surface area contributed by atoms with E-state index in [0.717, 1.165) is 0 Å². The van der Waals surface area contributed by atoms with E-state index in [2.05, 4.69) is 9.72 Å². The van der Waals surface area contributed by atoms with E-state index in [0.29, 0.717) is 17.4 Å². The molecule has 6 nitrogen and oxygen atoms in total. The number of pyridine rings is 1. The monoisotopic (exact) mass is 317 g/mol. The summed E-state index contributed by atoms with van der Waals surface area (Å²) in [5.41, 5.74) is 6.18. The van der Waals surface area contributed by atoms with E-state index in [1.165, 1.54) is 19.4 Å². The maximum Gasteiger partial charge on any atom is 0.422 e. The Labute approximate surface area is 123 Å². The number of carbonyl (C=O) groups excluding carboxylic acids is 1. The molecule has 9 heteroatoms. The van der Waals surface area contributed by atoms with Gasteiger partial charge in [0, 0.05) is 19.3 Å². The van der Waals surface area contributed by atoms with Crippen molar-refractivity contribution in [3.63, 3.8) is 0 Å². The minimum Gasteiger partial charge on any atom is -0.468 e. The number of nitrogens with two attached hydrogens (primary N) is 1. The lowest BCUT2D eigenvalue weighted by Crippen LogP contribution is -2.19. The number of nitrogens with zero attached hydrogens (tertiary/aromatic N) is 2. The van der Waals surface area contributed by atoms with Crippen molar-refractivity contribution in [3.05, 3.63) is 24.0 Å². The van der Waals surface area contributed by atoms with Gasteiger partial charge in [0.2, 0.25) is 5.88 Å². The number of carbonyl (C=O) groups is 1. The Bertz CT molecular complexity index is 682. The zero-order valence-electron chi connectivity index (χ0n) is 11.7. The second kappa shape index (κ2) is 6.22. The molecule has 0 atom stereocenters. The van der Waals surface area contributed by atoms with E-state index in [-0.39, 0.29) is 18.1 Å². The molecule has 120 valence electrons. The average Bonchev–Trinajstić information content (AvgIpc) is 2.83. The van der Waals surface area contributed by atoms with Gasteiger partial charge in [-0.2, -0.15) is 13.2 Å². The van der Waals surface area contributed by atoms with Crippen LogP contribution >= 0.6 is 0 Å². The van der Waals surface area contributed by atoms with Gasteiger partial charge >= 0.3 is 12.1 Å². The smallest absolute Gasteiger partial charge is 0.422 e. The Kier molecular flexibility index (Phi) is 4.55. The van der Waals surface area contributed by atoms with Gasteiger partial charge in [0.05, 0.1) is 18.0 Å². The second-order valence-corrected chi connectivity index (χ2v) is 4.41. The zero-order chi connectivity index (χ0) is 16.3. The molecule has 22 heavy (non-hydrogen) atoms. The van der Waals surface area contributed by atoms with E-state index in [4.69, 9.17) is 10.5 Å². The molecule has 0 aromatic carbocycles. The summed E-state index contributed by atoms with van der Waals surface area (Å²) in [5.74, 6) is -0.817. The molecule has 0 saturated heterocycles. The van der Waals surface area contributed by atoms with Crippen molar-refractivity contribution in [2.45, 2.75) is 12.7 Å². The molecule has 0 aliphatic rings. The van der Waals surface area contributed by atoms with Crippen LogP contribution in [0.2, 0.25) is 0 Å². The number of esters is 1. The number of halogens is 3. The van der Waals surface area contributed by atoms with E-state index >= 15 is 0 Å². The van der Waals surface area contributed by atoms with Gasteiger partial charge in [0.15, 0.2) is 6.61 Å². The van der Waals surface area contributed by atoms with E-state index in [9.17, 15) is 18.0 Å². The van der Waals surface area contributed by atoms with Gasteiger partial charge in [-0.05, 0) is 12.1 Å². The summed E-state index contributed by atoms with van der Waals surface area (Å²) >= 11 is 0. The first kappa shape index (κ1) is 16.1. The highest BCUT2D eigenvalue weighted by Gasteiger charge is 2.29. The summed E-state index contributed by atoms with van der Waals surface area (Å²) in [6, 6.07) is 2.95. The largest absolute Gasteiger partial charge is 0.468 e. The van der Waals surface area contributed by atoms with Crippen LogP contribution in [-0.2, 0) is 11.3 Å². The lowest BCUT2D eigenvalue weighted by Gasteiger charge is -2.10. The maximum absolute atomic E-state index is 12.3. The lowest BCUT2D eigenvalue weighted by molar-refractivity contribution is -0.153. The van der Waals surface area contributed by atoms with Crippen LogP contribution in [0.4, 0.5) is 13.2 Å². The number of hydrogen-bond donors (Lipinski definition) is 1. The number of rotatable bonds is 5. The third-order valence-electron chi connectivity index (χ3n) is 2.91. The van der Waals surface area contributed by atoms with E-state index < -0.39 is 18.8 Å². The van der Waals surface area contributed by atoms with Crippen LogP contribution in [0, 0.1) is 0 Å². The Hall–Kier alpha value is -2.29. The van der Waals surface area contributed by atoms with Gasteiger partial charge in [-0.1, -0.05) is 0 Å². The molecule has 0 saturated carbocycles. The molecule has 0 amide bonds. The molecule has 2 N–H and O–H groups in total. The second-order valence-electron chi connectivity index (χ2n) is 4.41. The van der Waals surface area contributed by atoms with E-state index in [1.54, 1.807) is 10.6 Å². The highest BCUT2D eigenvalue weighted by molar-refractivity contribution is 5.97. The fraction of sp³-hybridized carbons (Fsp3) is 0.385. The molecular weight excluding hydrogens is 303 g/mol. The summed E-state index contributed by atoms with van der Waals surface area (Å²) in [7, 11) is 1.21. The normalized spacial score (nSPS) is 11.7. The van der Waals surface area contributed by atoms with E-state index in [1.807, 2.05) is 0 Å². The minimum absolute atomic E-state index is 0.174. The lowest BCUT2D eigenvalue weighted by atomic mass is 10.3. The van der Waals surface area contributed by atoms with Crippen LogP contribution in [0.1, 0.15) is 10.5 Å². The molecule has 0 bridgehead atoms. The van der Waals surface area contributed by atoms with Crippen LogP contribution in [0.3, 0.4) is 0 Å². The summed E-state index contributed by atoms with van der Waals surface area (Å²) in [5, 5.41) is 0.292. The molecular formula is C13H14F3N3O3. The number of fused-ring (bicyclic) bond motifs is 1. The van der Waals surface area contributed by atoms with Crippen LogP contribution in [-0.4, -0.2) is 42.0 Å². The molecule has 0 radical (unpaired) electrons. The standard InChI is InChI=1S/C13H14F3N3O3/c1-21-12(20)10-6-8-9(19(10)5-3-17)2-4-18-11(8)22-7-13(14,15)16/h2,4,6H,3,5,7,17H2,1H3. The molecule has 0 aliphatic heterocycles. The molecule has 0 spiro atoms. The predicted octanol–water partition coefficient (Wildman–Crippen LogP) is 1.72. The molecule has 0 fully saturated rings. The van der Waals surface area contributed by atoms with Gasteiger partial charge in [0.25, 0.3) is 0 Å². The van der Waals surface area contributed by atoms with Crippen LogP contribution in [0.25, 0.3) is 10.9 Å². The quantitative estimate of drug-likeness (QED) is 0.850. The average molecular weight is 317 g/mol. The number of methoxy groups -OCH3 is 1. The number of aromatic nitrogens is 2. The predicted molar refractivity (Wildman–Crippen MR) is 71.7 cm³/mol. The Morgan fingerprint density at radius 2 is 2.18 bits per heavy atom. The van der Waals surface area contributed by atoms with Gasteiger partial charge in [-0.15, -0.1) is 0 Å². The maximum atomic E-state index is 12.3. The van der Waals surface area contributed by atoms with Crippen molar-refractivity contribution in [2.24, 2.45) is 5.73 Å². The van der Waals surface area contributed by atoms with Crippen molar-refractivity contribution >= 4 is 16.9 Å². The molecule has 2 rings (SSSR count).